The Hall–Kier alpha value is -2.84. The van der Waals surface area contributed by atoms with Crippen molar-refractivity contribution in [2.75, 3.05) is 36.5 Å². The lowest BCUT2D eigenvalue weighted by Crippen LogP contribution is -2.39. The average Bonchev–Trinajstić information content (AvgIpc) is 3.22. The molecule has 8 heteroatoms. The van der Waals surface area contributed by atoms with Gasteiger partial charge in [0.05, 0.1) is 29.5 Å². The molecule has 0 bridgehead atoms. The molecule has 0 spiro atoms. The molecule has 0 aliphatic carbocycles. The molecule has 1 fully saturated rings. The van der Waals surface area contributed by atoms with Gasteiger partial charge in [0.2, 0.25) is 5.91 Å². The minimum Gasteiger partial charge on any atom is -0.348 e. The van der Waals surface area contributed by atoms with Gasteiger partial charge in [-0.15, -0.1) is 0 Å². The summed E-state index contributed by atoms with van der Waals surface area (Å²) in [5, 5.41) is 13.9. The summed E-state index contributed by atoms with van der Waals surface area (Å²) in [6.07, 6.45) is 1.76. The van der Waals surface area contributed by atoms with Crippen LogP contribution in [0.4, 0.5) is 5.69 Å². The van der Waals surface area contributed by atoms with E-state index in [0.717, 1.165) is 41.1 Å². The molecule has 7 nitrogen and oxygen atoms in total. The Bertz CT molecular complexity index is 1010. The van der Waals surface area contributed by atoms with E-state index in [1.54, 1.807) is 24.4 Å². The molecule has 1 aromatic heterocycles. The Labute approximate surface area is 173 Å². The lowest BCUT2D eigenvalue weighted by Gasteiger charge is -2.25. The second kappa shape index (κ2) is 9.11. The smallest absolute Gasteiger partial charge is 0.253 e. The average molecular weight is 410 g/mol. The fourth-order valence-corrected chi connectivity index (χ4v) is 4.37. The number of aromatic nitrogens is 2. The molecule has 29 heavy (non-hydrogen) atoms. The first-order chi connectivity index (χ1) is 14.2. The maximum Gasteiger partial charge on any atom is 0.253 e. The third kappa shape index (κ3) is 4.78. The molecule has 3 N–H and O–H groups in total. The number of hydrogen-bond acceptors (Lipinski definition) is 5. The predicted octanol–water partition coefficient (Wildman–Crippen LogP) is 2.48. The number of para-hydroxylation sites is 2. The second-order valence-electron chi connectivity index (χ2n) is 6.92. The van der Waals surface area contributed by atoms with E-state index in [0.29, 0.717) is 24.3 Å². The summed E-state index contributed by atoms with van der Waals surface area (Å²) in [6, 6.07) is 12.9. The number of anilines is 1. The maximum atomic E-state index is 12.8. The van der Waals surface area contributed by atoms with Gasteiger partial charge in [-0.1, -0.05) is 30.3 Å². The number of fused-ring (bicyclic) bond motifs is 1. The van der Waals surface area contributed by atoms with Crippen molar-refractivity contribution in [1.29, 1.82) is 0 Å². The zero-order valence-corrected chi connectivity index (χ0v) is 16.8. The summed E-state index contributed by atoms with van der Waals surface area (Å²) in [5.74, 6) is 1.77. The zero-order chi connectivity index (χ0) is 20.1. The van der Waals surface area contributed by atoms with Crippen molar-refractivity contribution in [3.05, 3.63) is 59.8 Å². The molecule has 0 saturated carbocycles. The van der Waals surface area contributed by atoms with Crippen molar-refractivity contribution in [1.82, 2.24) is 20.4 Å². The Morgan fingerprint density at radius 2 is 1.93 bits per heavy atom. The van der Waals surface area contributed by atoms with Crippen LogP contribution in [0.3, 0.4) is 0 Å². The number of benzene rings is 2. The van der Waals surface area contributed by atoms with Crippen LogP contribution in [0.15, 0.2) is 48.7 Å². The van der Waals surface area contributed by atoms with Gasteiger partial charge in [-0.3, -0.25) is 19.6 Å². The molecule has 1 aliphatic rings. The molecule has 0 unspecified atom stereocenters. The summed E-state index contributed by atoms with van der Waals surface area (Å²) < 4.78 is 0. The lowest BCUT2D eigenvalue weighted by atomic mass is 10.1. The number of hydrogen-bond donors (Lipinski definition) is 3. The van der Waals surface area contributed by atoms with Crippen LogP contribution in [-0.2, 0) is 11.3 Å². The SMILES string of the molecule is O=C(CN1CCSCC1)Nc1ccccc1C(=O)NCc1cccc2cn[nH]c12. The number of aromatic amines is 1. The largest absolute Gasteiger partial charge is 0.348 e. The molecule has 0 radical (unpaired) electrons. The van der Waals surface area contributed by atoms with E-state index in [9.17, 15) is 9.59 Å². The predicted molar refractivity (Wildman–Crippen MR) is 116 cm³/mol. The fraction of sp³-hybridized carbons (Fsp3) is 0.286. The van der Waals surface area contributed by atoms with Crippen LogP contribution in [0.1, 0.15) is 15.9 Å². The highest BCUT2D eigenvalue weighted by Gasteiger charge is 2.17. The minimum atomic E-state index is -0.230. The maximum absolute atomic E-state index is 12.8. The molecule has 150 valence electrons. The first-order valence-corrected chi connectivity index (χ1v) is 10.7. The third-order valence-electron chi connectivity index (χ3n) is 4.92. The fourth-order valence-electron chi connectivity index (χ4n) is 3.39. The first-order valence-electron chi connectivity index (χ1n) is 9.59. The highest BCUT2D eigenvalue weighted by Crippen LogP contribution is 2.18. The molecule has 0 atom stereocenters. The Morgan fingerprint density at radius 1 is 1.10 bits per heavy atom. The van der Waals surface area contributed by atoms with Crippen molar-refractivity contribution in [3.8, 4) is 0 Å². The molecule has 2 amide bonds. The summed E-state index contributed by atoms with van der Waals surface area (Å²) in [6.45, 7) is 2.54. The van der Waals surface area contributed by atoms with E-state index >= 15 is 0 Å². The highest BCUT2D eigenvalue weighted by atomic mass is 32.2. The van der Waals surface area contributed by atoms with Crippen LogP contribution in [0, 0.1) is 0 Å². The van der Waals surface area contributed by atoms with Gasteiger partial charge in [-0.05, 0) is 17.7 Å². The van der Waals surface area contributed by atoms with Crippen molar-refractivity contribution in [2.24, 2.45) is 0 Å². The van der Waals surface area contributed by atoms with E-state index in [1.807, 2.05) is 36.0 Å². The summed E-state index contributed by atoms with van der Waals surface area (Å²) in [4.78, 5) is 27.4. The monoisotopic (exact) mass is 409 g/mol. The zero-order valence-electron chi connectivity index (χ0n) is 16.0. The van der Waals surface area contributed by atoms with Crippen molar-refractivity contribution >= 4 is 40.2 Å². The first kappa shape index (κ1) is 19.5. The number of H-pyrrole nitrogens is 1. The lowest BCUT2D eigenvalue weighted by molar-refractivity contribution is -0.117. The number of carbonyl (C=O) groups is 2. The summed E-state index contributed by atoms with van der Waals surface area (Å²) in [5.41, 5.74) is 2.85. The molecule has 3 aromatic rings. The number of carbonyl (C=O) groups excluding carboxylic acids is 2. The number of rotatable bonds is 6. The second-order valence-corrected chi connectivity index (χ2v) is 8.14. The van der Waals surface area contributed by atoms with Gasteiger partial charge in [-0.25, -0.2) is 0 Å². The van der Waals surface area contributed by atoms with E-state index in [2.05, 4.69) is 25.7 Å². The molecule has 4 rings (SSSR count). The summed E-state index contributed by atoms with van der Waals surface area (Å²) in [7, 11) is 0. The Morgan fingerprint density at radius 3 is 2.79 bits per heavy atom. The van der Waals surface area contributed by atoms with Crippen molar-refractivity contribution in [3.63, 3.8) is 0 Å². The van der Waals surface area contributed by atoms with Crippen LogP contribution >= 0.6 is 11.8 Å². The van der Waals surface area contributed by atoms with Crippen LogP contribution in [0.25, 0.3) is 10.9 Å². The normalized spacial score (nSPS) is 14.6. The molecule has 2 heterocycles. The number of amides is 2. The van der Waals surface area contributed by atoms with E-state index in [-0.39, 0.29) is 11.8 Å². The van der Waals surface area contributed by atoms with Gasteiger partial charge in [0.1, 0.15) is 0 Å². The van der Waals surface area contributed by atoms with Gasteiger partial charge in [0, 0.05) is 36.5 Å². The molecule has 1 saturated heterocycles. The van der Waals surface area contributed by atoms with Crippen LogP contribution < -0.4 is 10.6 Å². The topological polar surface area (TPSA) is 90.1 Å². The standard InChI is InChI=1S/C21H23N5O2S/c27-19(14-26-8-10-29-11-9-26)24-18-7-2-1-6-17(18)21(28)22-12-15-4-3-5-16-13-23-25-20(15)16/h1-7,13H,8-12,14H2,(H,22,28)(H,23,25)(H,24,27). The van der Waals surface area contributed by atoms with Crippen molar-refractivity contribution in [2.45, 2.75) is 6.54 Å². The molecular weight excluding hydrogens is 386 g/mol. The highest BCUT2D eigenvalue weighted by molar-refractivity contribution is 7.99. The molecule has 1 aliphatic heterocycles. The van der Waals surface area contributed by atoms with E-state index in [1.165, 1.54) is 0 Å². The Kier molecular flexibility index (Phi) is 6.12. The number of thioether (sulfide) groups is 1. The van der Waals surface area contributed by atoms with Gasteiger partial charge in [0.25, 0.3) is 5.91 Å². The third-order valence-corrected chi connectivity index (χ3v) is 5.86. The number of nitrogens with zero attached hydrogens (tertiary/aromatic N) is 2. The van der Waals surface area contributed by atoms with Crippen LogP contribution in [0.2, 0.25) is 0 Å². The van der Waals surface area contributed by atoms with Gasteiger partial charge >= 0.3 is 0 Å². The summed E-state index contributed by atoms with van der Waals surface area (Å²) >= 11 is 1.91. The van der Waals surface area contributed by atoms with Gasteiger partial charge in [0.15, 0.2) is 0 Å². The van der Waals surface area contributed by atoms with E-state index in [4.69, 9.17) is 0 Å². The molecule has 2 aromatic carbocycles. The van der Waals surface area contributed by atoms with Crippen LogP contribution in [0.5, 0.6) is 0 Å². The van der Waals surface area contributed by atoms with E-state index < -0.39 is 0 Å². The Balaban J connectivity index is 1.41. The quantitative estimate of drug-likeness (QED) is 0.582. The van der Waals surface area contributed by atoms with Gasteiger partial charge in [-0.2, -0.15) is 16.9 Å². The minimum absolute atomic E-state index is 0.0978. The van der Waals surface area contributed by atoms with Crippen LogP contribution in [-0.4, -0.2) is 58.1 Å². The van der Waals surface area contributed by atoms with Gasteiger partial charge < -0.3 is 10.6 Å². The van der Waals surface area contributed by atoms with Crippen molar-refractivity contribution < 1.29 is 9.59 Å². The molecular formula is C21H23N5O2S. The number of nitrogens with one attached hydrogen (secondary N) is 3.